The fraction of sp³-hybridized carbons (Fsp3) is 0.500. The summed E-state index contributed by atoms with van der Waals surface area (Å²) < 4.78 is 0. The van der Waals surface area contributed by atoms with Crippen LogP contribution in [0, 0.1) is 0 Å². The lowest BCUT2D eigenvalue weighted by atomic mass is 10.2. The Hall–Kier alpha value is -1.09. The lowest BCUT2D eigenvalue weighted by molar-refractivity contribution is 0.266. The van der Waals surface area contributed by atoms with Gasteiger partial charge in [-0.05, 0) is 27.0 Å². The predicted molar refractivity (Wildman–Crippen MR) is 55.3 cm³/mol. The van der Waals surface area contributed by atoms with Gasteiger partial charge in [0, 0.05) is 24.3 Å². The number of nitrogens with zero attached hydrogens (tertiary/aromatic N) is 2. The minimum Gasteiger partial charge on any atom is -0.383 e. The molecule has 1 aromatic rings. The first-order valence-corrected chi connectivity index (χ1v) is 4.51. The zero-order valence-corrected chi connectivity index (χ0v) is 8.49. The minimum atomic E-state index is 0.527. The van der Waals surface area contributed by atoms with E-state index in [4.69, 9.17) is 5.73 Å². The summed E-state index contributed by atoms with van der Waals surface area (Å²) >= 11 is 0. The lowest BCUT2D eigenvalue weighted by Gasteiger charge is -2.21. The van der Waals surface area contributed by atoms with Gasteiger partial charge in [-0.15, -0.1) is 0 Å². The first kappa shape index (κ1) is 9.99. The van der Waals surface area contributed by atoms with Gasteiger partial charge in [-0.2, -0.15) is 0 Å². The van der Waals surface area contributed by atoms with Crippen LogP contribution < -0.4 is 5.73 Å². The van der Waals surface area contributed by atoms with Crippen molar-refractivity contribution < 1.29 is 0 Å². The molecule has 0 aliphatic heterocycles. The standard InChI is InChI=1S/C10H17N3/c1-8(2)13(3)7-9-5-4-6-12-10(9)11/h4-6,8H,7H2,1-3H3,(H2,11,12). The second kappa shape index (κ2) is 4.23. The number of hydrogen-bond acceptors (Lipinski definition) is 3. The predicted octanol–water partition coefficient (Wildman–Crippen LogP) is 1.50. The van der Waals surface area contributed by atoms with Gasteiger partial charge in [0.15, 0.2) is 0 Å². The van der Waals surface area contributed by atoms with E-state index in [1.807, 2.05) is 12.1 Å². The van der Waals surface area contributed by atoms with Gasteiger partial charge in [-0.3, -0.25) is 4.90 Å². The van der Waals surface area contributed by atoms with Crippen LogP contribution in [0.15, 0.2) is 18.3 Å². The third-order valence-electron chi connectivity index (χ3n) is 2.23. The third kappa shape index (κ3) is 2.70. The fourth-order valence-electron chi connectivity index (χ4n) is 1.04. The highest BCUT2D eigenvalue weighted by molar-refractivity contribution is 5.38. The highest BCUT2D eigenvalue weighted by atomic mass is 15.1. The molecule has 72 valence electrons. The number of anilines is 1. The highest BCUT2D eigenvalue weighted by Gasteiger charge is 2.06. The van der Waals surface area contributed by atoms with Gasteiger partial charge in [-0.25, -0.2) is 4.98 Å². The second-order valence-electron chi connectivity index (χ2n) is 3.56. The summed E-state index contributed by atoms with van der Waals surface area (Å²) in [5.74, 6) is 0.634. The quantitative estimate of drug-likeness (QED) is 0.764. The molecule has 0 aliphatic rings. The van der Waals surface area contributed by atoms with Gasteiger partial charge in [0.1, 0.15) is 5.82 Å². The summed E-state index contributed by atoms with van der Waals surface area (Å²) in [6.45, 7) is 5.18. The third-order valence-corrected chi connectivity index (χ3v) is 2.23. The van der Waals surface area contributed by atoms with Crippen molar-refractivity contribution >= 4 is 5.82 Å². The molecule has 1 aromatic heterocycles. The molecule has 0 atom stereocenters. The molecule has 1 heterocycles. The van der Waals surface area contributed by atoms with Crippen molar-refractivity contribution in [1.29, 1.82) is 0 Å². The summed E-state index contributed by atoms with van der Waals surface area (Å²) in [6, 6.07) is 4.46. The number of rotatable bonds is 3. The van der Waals surface area contributed by atoms with Crippen LogP contribution in [0.3, 0.4) is 0 Å². The molecular formula is C10H17N3. The van der Waals surface area contributed by atoms with E-state index in [1.54, 1.807) is 6.20 Å². The largest absolute Gasteiger partial charge is 0.383 e. The van der Waals surface area contributed by atoms with Crippen molar-refractivity contribution in [3.05, 3.63) is 23.9 Å². The van der Waals surface area contributed by atoms with E-state index in [1.165, 1.54) is 0 Å². The van der Waals surface area contributed by atoms with E-state index in [-0.39, 0.29) is 0 Å². The van der Waals surface area contributed by atoms with Crippen LogP contribution in [0.1, 0.15) is 19.4 Å². The van der Waals surface area contributed by atoms with Crippen molar-refractivity contribution in [2.45, 2.75) is 26.4 Å². The molecule has 0 fully saturated rings. The van der Waals surface area contributed by atoms with Crippen LogP contribution in [0.2, 0.25) is 0 Å². The lowest BCUT2D eigenvalue weighted by Crippen LogP contribution is -2.26. The molecule has 0 saturated heterocycles. The van der Waals surface area contributed by atoms with Crippen LogP contribution in [-0.4, -0.2) is 23.0 Å². The molecule has 0 aliphatic carbocycles. The van der Waals surface area contributed by atoms with Crippen LogP contribution in [0.5, 0.6) is 0 Å². The average molecular weight is 179 g/mol. The van der Waals surface area contributed by atoms with Crippen LogP contribution in [0.25, 0.3) is 0 Å². The van der Waals surface area contributed by atoms with E-state index < -0.39 is 0 Å². The van der Waals surface area contributed by atoms with Crippen LogP contribution >= 0.6 is 0 Å². The zero-order chi connectivity index (χ0) is 9.84. The van der Waals surface area contributed by atoms with Gasteiger partial charge in [-0.1, -0.05) is 6.07 Å². The highest BCUT2D eigenvalue weighted by Crippen LogP contribution is 2.10. The first-order valence-electron chi connectivity index (χ1n) is 4.51. The number of aromatic nitrogens is 1. The Balaban J connectivity index is 2.69. The van der Waals surface area contributed by atoms with Gasteiger partial charge in [0.05, 0.1) is 0 Å². The summed E-state index contributed by atoms with van der Waals surface area (Å²) in [4.78, 5) is 6.27. The average Bonchev–Trinajstić information content (AvgIpc) is 2.08. The maximum Gasteiger partial charge on any atom is 0.127 e. The number of nitrogens with two attached hydrogens (primary N) is 1. The summed E-state index contributed by atoms with van der Waals surface area (Å²) in [5.41, 5.74) is 6.83. The Bertz CT molecular complexity index is 271. The van der Waals surface area contributed by atoms with Gasteiger partial charge in [0.25, 0.3) is 0 Å². The first-order chi connectivity index (χ1) is 6.11. The van der Waals surface area contributed by atoms with Crippen molar-refractivity contribution in [3.63, 3.8) is 0 Å². The molecule has 1 rings (SSSR count). The number of hydrogen-bond donors (Lipinski definition) is 1. The van der Waals surface area contributed by atoms with E-state index in [0.29, 0.717) is 11.9 Å². The van der Waals surface area contributed by atoms with E-state index >= 15 is 0 Å². The molecule has 3 heteroatoms. The summed E-state index contributed by atoms with van der Waals surface area (Å²) in [6.07, 6.45) is 1.72. The van der Waals surface area contributed by atoms with E-state index in [9.17, 15) is 0 Å². The van der Waals surface area contributed by atoms with Crippen molar-refractivity contribution in [2.75, 3.05) is 12.8 Å². The molecule has 0 aromatic carbocycles. The normalized spacial score (nSPS) is 11.2. The smallest absolute Gasteiger partial charge is 0.127 e. The second-order valence-corrected chi connectivity index (χ2v) is 3.56. The summed E-state index contributed by atoms with van der Waals surface area (Å²) in [5, 5.41) is 0. The molecule has 0 saturated carbocycles. The Morgan fingerprint density at radius 2 is 2.23 bits per heavy atom. The minimum absolute atomic E-state index is 0.527. The van der Waals surface area contributed by atoms with Crippen LogP contribution in [-0.2, 0) is 6.54 Å². The molecule has 3 nitrogen and oxygen atoms in total. The van der Waals surface area contributed by atoms with Crippen LogP contribution in [0.4, 0.5) is 5.82 Å². The molecular weight excluding hydrogens is 162 g/mol. The van der Waals surface area contributed by atoms with Gasteiger partial charge in [0.2, 0.25) is 0 Å². The molecule has 0 amide bonds. The van der Waals surface area contributed by atoms with Gasteiger partial charge >= 0.3 is 0 Å². The molecule has 2 N–H and O–H groups in total. The Labute approximate surface area is 79.6 Å². The maximum absolute atomic E-state index is 5.73. The molecule has 0 radical (unpaired) electrons. The zero-order valence-electron chi connectivity index (χ0n) is 8.49. The Morgan fingerprint density at radius 1 is 1.54 bits per heavy atom. The van der Waals surface area contributed by atoms with Crippen molar-refractivity contribution in [3.8, 4) is 0 Å². The fourth-order valence-corrected chi connectivity index (χ4v) is 1.04. The number of nitrogen functional groups attached to an aromatic ring is 1. The SMILES string of the molecule is CC(C)N(C)Cc1cccnc1N. The van der Waals surface area contributed by atoms with E-state index in [2.05, 4.69) is 30.8 Å². The Morgan fingerprint density at radius 3 is 2.77 bits per heavy atom. The molecule has 0 unspecified atom stereocenters. The number of pyridine rings is 1. The monoisotopic (exact) mass is 179 g/mol. The topological polar surface area (TPSA) is 42.2 Å². The van der Waals surface area contributed by atoms with Crippen molar-refractivity contribution in [1.82, 2.24) is 9.88 Å². The summed E-state index contributed by atoms with van der Waals surface area (Å²) in [7, 11) is 2.08. The Kier molecular flexibility index (Phi) is 3.25. The van der Waals surface area contributed by atoms with Crippen molar-refractivity contribution in [2.24, 2.45) is 0 Å². The molecule has 0 bridgehead atoms. The maximum atomic E-state index is 5.73. The van der Waals surface area contributed by atoms with E-state index in [0.717, 1.165) is 12.1 Å². The molecule has 0 spiro atoms. The molecule has 13 heavy (non-hydrogen) atoms. The van der Waals surface area contributed by atoms with Gasteiger partial charge < -0.3 is 5.73 Å².